The standard InChI is InChI=1S/C15H21NO4/c1-15(2,3)20-8-7-19-14(18)11-9-10-5-4-6-12(10)16-13(11)17/h9H,4-8H2,1-3H3,(H,16,17). The van der Waals surface area contributed by atoms with E-state index in [1.165, 1.54) is 0 Å². The second-order valence-corrected chi connectivity index (χ2v) is 5.97. The Bertz CT molecular complexity index is 554. The molecule has 1 aromatic heterocycles. The van der Waals surface area contributed by atoms with Gasteiger partial charge in [-0.05, 0) is 51.7 Å². The number of H-pyrrole nitrogens is 1. The predicted molar refractivity (Wildman–Crippen MR) is 75.1 cm³/mol. The van der Waals surface area contributed by atoms with Crippen LogP contribution in [0.2, 0.25) is 0 Å². The number of nitrogens with one attached hydrogen (secondary N) is 1. The largest absolute Gasteiger partial charge is 0.459 e. The van der Waals surface area contributed by atoms with E-state index in [-0.39, 0.29) is 23.3 Å². The lowest BCUT2D eigenvalue weighted by molar-refractivity contribution is -0.0282. The third-order valence-electron chi connectivity index (χ3n) is 3.16. The Morgan fingerprint density at radius 3 is 2.75 bits per heavy atom. The molecule has 0 unspecified atom stereocenters. The van der Waals surface area contributed by atoms with Crippen molar-refractivity contribution in [3.63, 3.8) is 0 Å². The smallest absolute Gasteiger partial charge is 0.343 e. The first-order valence-electron chi connectivity index (χ1n) is 6.93. The summed E-state index contributed by atoms with van der Waals surface area (Å²) in [5, 5.41) is 0. The minimum atomic E-state index is -0.585. The minimum Gasteiger partial charge on any atom is -0.459 e. The third kappa shape index (κ3) is 3.70. The van der Waals surface area contributed by atoms with Gasteiger partial charge in [0.15, 0.2) is 0 Å². The van der Waals surface area contributed by atoms with E-state index in [1.807, 2.05) is 20.8 Å². The molecule has 0 aliphatic heterocycles. The molecule has 0 aromatic carbocycles. The molecule has 5 heteroatoms. The minimum absolute atomic E-state index is 0.0846. The molecule has 0 saturated carbocycles. The molecule has 0 spiro atoms. The molecule has 0 fully saturated rings. The molecule has 0 bridgehead atoms. The number of carbonyl (C=O) groups excluding carboxylic acids is 1. The molecule has 1 aliphatic carbocycles. The quantitative estimate of drug-likeness (QED) is 0.674. The van der Waals surface area contributed by atoms with Crippen LogP contribution in [0.5, 0.6) is 0 Å². The first kappa shape index (κ1) is 14.8. The zero-order chi connectivity index (χ0) is 14.8. The molecule has 0 saturated heterocycles. The Morgan fingerprint density at radius 1 is 1.30 bits per heavy atom. The Morgan fingerprint density at radius 2 is 2.05 bits per heavy atom. The molecule has 2 rings (SSSR count). The highest BCUT2D eigenvalue weighted by Gasteiger charge is 2.19. The summed E-state index contributed by atoms with van der Waals surface area (Å²) in [5.41, 5.74) is 1.44. The molecule has 5 nitrogen and oxygen atoms in total. The summed E-state index contributed by atoms with van der Waals surface area (Å²) in [6.07, 6.45) is 2.79. The van der Waals surface area contributed by atoms with Gasteiger partial charge in [-0.1, -0.05) is 0 Å². The molecule has 1 N–H and O–H groups in total. The van der Waals surface area contributed by atoms with Gasteiger partial charge in [0.2, 0.25) is 0 Å². The van der Waals surface area contributed by atoms with Crippen molar-refractivity contribution in [1.29, 1.82) is 0 Å². The lowest BCUT2D eigenvalue weighted by atomic mass is 10.1. The molecular formula is C15H21NO4. The maximum absolute atomic E-state index is 11.9. The van der Waals surface area contributed by atoms with Crippen LogP contribution in [0.4, 0.5) is 0 Å². The van der Waals surface area contributed by atoms with Gasteiger partial charge in [0.25, 0.3) is 5.56 Å². The monoisotopic (exact) mass is 279 g/mol. The van der Waals surface area contributed by atoms with E-state index in [0.717, 1.165) is 30.5 Å². The van der Waals surface area contributed by atoms with Gasteiger partial charge < -0.3 is 14.5 Å². The summed E-state index contributed by atoms with van der Waals surface area (Å²) in [5.74, 6) is -0.585. The van der Waals surface area contributed by atoms with Crippen molar-refractivity contribution in [3.05, 3.63) is 33.2 Å². The third-order valence-corrected chi connectivity index (χ3v) is 3.16. The highest BCUT2D eigenvalue weighted by Crippen LogP contribution is 2.19. The highest BCUT2D eigenvalue weighted by atomic mass is 16.6. The van der Waals surface area contributed by atoms with Crippen LogP contribution in [0.15, 0.2) is 10.9 Å². The van der Waals surface area contributed by atoms with E-state index in [4.69, 9.17) is 9.47 Å². The highest BCUT2D eigenvalue weighted by molar-refractivity contribution is 5.89. The lowest BCUT2D eigenvalue weighted by Gasteiger charge is -2.19. The first-order chi connectivity index (χ1) is 9.37. The molecule has 1 heterocycles. The van der Waals surface area contributed by atoms with Gasteiger partial charge in [0.1, 0.15) is 12.2 Å². The van der Waals surface area contributed by atoms with Crippen LogP contribution >= 0.6 is 0 Å². The Labute approximate surface area is 118 Å². The van der Waals surface area contributed by atoms with Crippen LogP contribution in [-0.2, 0) is 22.3 Å². The van der Waals surface area contributed by atoms with Crippen LogP contribution in [0, 0.1) is 0 Å². The second-order valence-electron chi connectivity index (χ2n) is 5.97. The zero-order valence-corrected chi connectivity index (χ0v) is 12.2. The van der Waals surface area contributed by atoms with Crippen LogP contribution in [-0.4, -0.2) is 29.8 Å². The predicted octanol–water partition coefficient (Wildman–Crippen LogP) is 1.84. The van der Waals surface area contributed by atoms with E-state index >= 15 is 0 Å². The average Bonchev–Trinajstić information content (AvgIpc) is 2.79. The number of ether oxygens (including phenoxy) is 2. The summed E-state index contributed by atoms with van der Waals surface area (Å²) < 4.78 is 10.5. The fraction of sp³-hybridized carbons (Fsp3) is 0.600. The number of rotatable bonds is 4. The SMILES string of the molecule is CC(C)(C)OCCOC(=O)c1cc2c([nH]c1=O)CCC2. The number of aryl methyl sites for hydroxylation is 2. The van der Waals surface area contributed by atoms with E-state index in [1.54, 1.807) is 6.07 Å². The van der Waals surface area contributed by atoms with Crippen molar-refractivity contribution in [3.8, 4) is 0 Å². The number of carbonyl (C=O) groups is 1. The van der Waals surface area contributed by atoms with E-state index in [0.29, 0.717) is 6.61 Å². The van der Waals surface area contributed by atoms with Crippen LogP contribution in [0.1, 0.15) is 48.8 Å². The topological polar surface area (TPSA) is 68.4 Å². The number of esters is 1. The molecule has 0 atom stereocenters. The van der Waals surface area contributed by atoms with Crippen LogP contribution in [0.3, 0.4) is 0 Å². The maximum Gasteiger partial charge on any atom is 0.343 e. The number of pyridine rings is 1. The number of hydrogen-bond acceptors (Lipinski definition) is 4. The zero-order valence-electron chi connectivity index (χ0n) is 12.2. The van der Waals surface area contributed by atoms with Crippen LogP contribution in [0.25, 0.3) is 0 Å². The maximum atomic E-state index is 11.9. The van der Waals surface area contributed by atoms with Crippen LogP contribution < -0.4 is 5.56 Å². The Kier molecular flexibility index (Phi) is 4.28. The normalized spacial score (nSPS) is 14.2. The Hall–Kier alpha value is -1.62. The van der Waals surface area contributed by atoms with Gasteiger partial charge in [0.05, 0.1) is 12.2 Å². The van der Waals surface area contributed by atoms with Gasteiger partial charge in [0, 0.05) is 5.69 Å². The first-order valence-corrected chi connectivity index (χ1v) is 6.93. The molecular weight excluding hydrogens is 258 g/mol. The van der Waals surface area contributed by atoms with Crippen molar-refractivity contribution in [1.82, 2.24) is 4.98 Å². The Balaban J connectivity index is 1.95. The van der Waals surface area contributed by atoms with Crippen molar-refractivity contribution in [2.24, 2.45) is 0 Å². The molecule has 0 radical (unpaired) electrons. The van der Waals surface area contributed by atoms with Gasteiger partial charge in [-0.2, -0.15) is 0 Å². The molecule has 1 aliphatic rings. The summed E-state index contributed by atoms with van der Waals surface area (Å²) >= 11 is 0. The molecule has 20 heavy (non-hydrogen) atoms. The molecule has 0 amide bonds. The lowest BCUT2D eigenvalue weighted by Crippen LogP contribution is -2.25. The van der Waals surface area contributed by atoms with Crippen molar-refractivity contribution < 1.29 is 14.3 Å². The number of aromatic nitrogens is 1. The molecule has 1 aromatic rings. The van der Waals surface area contributed by atoms with Gasteiger partial charge in [-0.3, -0.25) is 4.79 Å². The molecule has 110 valence electrons. The summed E-state index contributed by atoms with van der Waals surface area (Å²) in [7, 11) is 0. The van der Waals surface area contributed by atoms with Crippen molar-refractivity contribution in [2.45, 2.75) is 45.6 Å². The van der Waals surface area contributed by atoms with Crippen molar-refractivity contribution in [2.75, 3.05) is 13.2 Å². The van der Waals surface area contributed by atoms with E-state index < -0.39 is 5.97 Å². The fourth-order valence-electron chi connectivity index (χ4n) is 2.22. The van der Waals surface area contributed by atoms with Gasteiger partial charge in [-0.25, -0.2) is 4.79 Å². The van der Waals surface area contributed by atoms with Crippen molar-refractivity contribution >= 4 is 5.97 Å². The number of aromatic amines is 1. The van der Waals surface area contributed by atoms with Gasteiger partial charge in [-0.15, -0.1) is 0 Å². The fourth-order valence-corrected chi connectivity index (χ4v) is 2.22. The number of hydrogen-bond donors (Lipinski definition) is 1. The second kappa shape index (κ2) is 5.79. The van der Waals surface area contributed by atoms with E-state index in [9.17, 15) is 9.59 Å². The summed E-state index contributed by atoms with van der Waals surface area (Å²) in [6, 6.07) is 1.66. The summed E-state index contributed by atoms with van der Waals surface area (Å²) in [4.78, 5) is 26.5. The summed E-state index contributed by atoms with van der Waals surface area (Å²) in [6.45, 7) is 6.25. The van der Waals surface area contributed by atoms with Gasteiger partial charge >= 0.3 is 5.97 Å². The number of fused-ring (bicyclic) bond motifs is 1. The van der Waals surface area contributed by atoms with E-state index in [2.05, 4.69) is 4.98 Å². The average molecular weight is 279 g/mol.